The number of hydrogen-bond donors (Lipinski definition) is 1. The molecule has 30 heavy (non-hydrogen) atoms. The van der Waals surface area contributed by atoms with Gasteiger partial charge in [-0.05, 0) is 57.3 Å². The molecule has 1 aromatic heterocycles. The Morgan fingerprint density at radius 1 is 1.30 bits per heavy atom. The lowest BCUT2D eigenvalue weighted by molar-refractivity contribution is -0.137. The molecule has 5 nitrogen and oxygen atoms in total. The Hall–Kier alpha value is -2.35. The van der Waals surface area contributed by atoms with Crippen LogP contribution in [0.3, 0.4) is 0 Å². The zero-order chi connectivity index (χ0) is 21.9. The van der Waals surface area contributed by atoms with Crippen molar-refractivity contribution in [1.82, 2.24) is 20.0 Å². The molecule has 1 aliphatic heterocycles. The number of amides is 1. The summed E-state index contributed by atoms with van der Waals surface area (Å²) in [6.45, 7) is 6.00. The second kappa shape index (κ2) is 9.20. The second-order valence-corrected chi connectivity index (χ2v) is 8.22. The van der Waals surface area contributed by atoms with Crippen LogP contribution in [0, 0.1) is 12.8 Å². The smallest absolute Gasteiger partial charge is 0.349 e. The van der Waals surface area contributed by atoms with E-state index in [0.717, 1.165) is 43.3 Å². The van der Waals surface area contributed by atoms with E-state index in [2.05, 4.69) is 15.3 Å². The maximum atomic E-state index is 12.9. The fourth-order valence-corrected chi connectivity index (χ4v) is 4.03. The lowest BCUT2D eigenvalue weighted by atomic mass is 9.92. The molecular weight excluding hydrogens is 393 g/mol. The average molecular weight is 422 g/mol. The van der Waals surface area contributed by atoms with Crippen molar-refractivity contribution in [2.75, 3.05) is 13.1 Å². The molecule has 0 unspecified atom stereocenters. The molecule has 1 fully saturated rings. The summed E-state index contributed by atoms with van der Waals surface area (Å²) >= 11 is 0. The van der Waals surface area contributed by atoms with Gasteiger partial charge < -0.3 is 5.32 Å². The highest BCUT2D eigenvalue weighted by atomic mass is 19.4. The molecule has 1 atom stereocenters. The molecule has 1 saturated heterocycles. The van der Waals surface area contributed by atoms with Crippen LogP contribution in [-0.2, 0) is 24.6 Å². The van der Waals surface area contributed by atoms with Gasteiger partial charge in [-0.15, -0.1) is 0 Å². The number of hydrogen-bond acceptors (Lipinski definition) is 3. The first-order valence-corrected chi connectivity index (χ1v) is 10.3. The van der Waals surface area contributed by atoms with Gasteiger partial charge in [0.1, 0.15) is 0 Å². The largest absolute Gasteiger partial charge is 0.416 e. The number of nitrogens with one attached hydrogen (secondary N) is 1. The first-order chi connectivity index (χ1) is 14.1. The minimum absolute atomic E-state index is 0.0297. The van der Waals surface area contributed by atoms with Gasteiger partial charge in [-0.1, -0.05) is 18.2 Å². The molecule has 1 aliphatic rings. The van der Waals surface area contributed by atoms with Gasteiger partial charge in [0.15, 0.2) is 0 Å². The summed E-state index contributed by atoms with van der Waals surface area (Å²) in [5.74, 6) is 0.326. The van der Waals surface area contributed by atoms with E-state index in [1.807, 2.05) is 20.9 Å². The monoisotopic (exact) mass is 422 g/mol. The minimum atomic E-state index is -4.32. The van der Waals surface area contributed by atoms with Gasteiger partial charge in [-0.25, -0.2) is 0 Å². The molecule has 8 heteroatoms. The van der Waals surface area contributed by atoms with E-state index < -0.39 is 11.7 Å². The number of nitrogens with zero attached hydrogens (tertiary/aromatic N) is 3. The molecule has 1 aromatic carbocycles. The highest BCUT2D eigenvalue weighted by molar-refractivity contribution is 5.76. The first kappa shape index (κ1) is 22.3. The van der Waals surface area contributed by atoms with Crippen LogP contribution >= 0.6 is 0 Å². The van der Waals surface area contributed by atoms with E-state index in [1.165, 1.54) is 12.1 Å². The van der Waals surface area contributed by atoms with E-state index in [-0.39, 0.29) is 11.9 Å². The van der Waals surface area contributed by atoms with Crippen molar-refractivity contribution in [2.24, 2.45) is 13.0 Å². The summed E-state index contributed by atoms with van der Waals surface area (Å²) in [4.78, 5) is 14.6. The Morgan fingerprint density at radius 2 is 2.00 bits per heavy atom. The van der Waals surface area contributed by atoms with Crippen LogP contribution in [0.4, 0.5) is 13.2 Å². The minimum Gasteiger partial charge on any atom is -0.349 e. The van der Waals surface area contributed by atoms with Crippen LogP contribution in [0.25, 0.3) is 0 Å². The van der Waals surface area contributed by atoms with Crippen LogP contribution in [0.1, 0.15) is 54.6 Å². The lowest BCUT2D eigenvalue weighted by Crippen LogP contribution is -2.36. The van der Waals surface area contributed by atoms with Crippen LogP contribution in [-0.4, -0.2) is 33.7 Å². The maximum Gasteiger partial charge on any atom is 0.416 e. The summed E-state index contributed by atoms with van der Waals surface area (Å²) in [5.41, 5.74) is 2.11. The number of piperidine rings is 1. The van der Waals surface area contributed by atoms with E-state index in [4.69, 9.17) is 0 Å². The van der Waals surface area contributed by atoms with Gasteiger partial charge in [-0.3, -0.25) is 14.4 Å². The molecule has 164 valence electrons. The standard InChI is InChI=1S/C22H29F3N4O/c1-15(20-13-26-28(3)16(20)2)27-21(30)12-17-7-9-29(10-8-17)14-18-5-4-6-19(11-18)22(23,24)25/h4-6,11,13,15,17H,7-10,12,14H2,1-3H3,(H,27,30)/t15-/m1/s1. The molecule has 1 N–H and O–H groups in total. The number of aromatic nitrogens is 2. The Labute approximate surface area is 175 Å². The van der Waals surface area contributed by atoms with Gasteiger partial charge in [-0.2, -0.15) is 18.3 Å². The molecule has 0 radical (unpaired) electrons. The molecule has 1 amide bonds. The highest BCUT2D eigenvalue weighted by Crippen LogP contribution is 2.30. The van der Waals surface area contributed by atoms with Crippen molar-refractivity contribution in [2.45, 2.75) is 51.9 Å². The number of benzene rings is 1. The highest BCUT2D eigenvalue weighted by Gasteiger charge is 2.30. The molecule has 3 rings (SSSR count). The van der Waals surface area contributed by atoms with Crippen LogP contribution in [0.5, 0.6) is 0 Å². The molecule has 0 bridgehead atoms. The maximum absolute atomic E-state index is 12.9. The number of halogens is 3. The number of carbonyl (C=O) groups is 1. The Morgan fingerprint density at radius 3 is 2.60 bits per heavy atom. The van der Waals surface area contributed by atoms with E-state index in [1.54, 1.807) is 16.9 Å². The summed E-state index contributed by atoms with van der Waals surface area (Å²) in [6, 6.07) is 5.42. The number of aryl methyl sites for hydroxylation is 1. The number of likely N-dealkylation sites (tertiary alicyclic amines) is 1. The van der Waals surface area contributed by atoms with Crippen molar-refractivity contribution in [1.29, 1.82) is 0 Å². The SMILES string of the molecule is Cc1c([C@@H](C)NC(=O)CC2CCN(Cc3cccc(C(F)(F)F)c3)CC2)cnn1C. The third kappa shape index (κ3) is 5.62. The molecule has 0 saturated carbocycles. The third-order valence-electron chi connectivity index (χ3n) is 5.96. The van der Waals surface area contributed by atoms with Gasteiger partial charge in [0.25, 0.3) is 0 Å². The van der Waals surface area contributed by atoms with Crippen molar-refractivity contribution in [3.05, 3.63) is 52.8 Å². The zero-order valence-corrected chi connectivity index (χ0v) is 17.7. The Kier molecular flexibility index (Phi) is 6.85. The predicted octanol–water partition coefficient (Wildman–Crippen LogP) is 4.23. The first-order valence-electron chi connectivity index (χ1n) is 10.3. The normalized spacial score (nSPS) is 17.1. The summed E-state index contributed by atoms with van der Waals surface area (Å²) in [6.07, 6.45) is -0.325. The van der Waals surface area contributed by atoms with E-state index in [0.29, 0.717) is 24.4 Å². The topological polar surface area (TPSA) is 50.2 Å². The summed E-state index contributed by atoms with van der Waals surface area (Å²) < 4.78 is 40.4. The number of alkyl halides is 3. The van der Waals surface area contributed by atoms with E-state index >= 15 is 0 Å². The van der Waals surface area contributed by atoms with Gasteiger partial charge in [0.05, 0.1) is 17.8 Å². The molecule has 2 aromatic rings. The zero-order valence-electron chi connectivity index (χ0n) is 17.7. The fraction of sp³-hybridized carbons (Fsp3) is 0.545. The van der Waals surface area contributed by atoms with Crippen molar-refractivity contribution in [3.63, 3.8) is 0 Å². The van der Waals surface area contributed by atoms with Gasteiger partial charge in [0.2, 0.25) is 5.91 Å². The summed E-state index contributed by atoms with van der Waals surface area (Å²) in [5, 5.41) is 7.28. The van der Waals surface area contributed by atoms with Crippen LogP contribution in [0.2, 0.25) is 0 Å². The van der Waals surface area contributed by atoms with Crippen molar-refractivity contribution >= 4 is 5.91 Å². The lowest BCUT2D eigenvalue weighted by Gasteiger charge is -2.32. The van der Waals surface area contributed by atoms with Crippen LogP contribution < -0.4 is 5.32 Å². The molecular formula is C22H29F3N4O. The van der Waals surface area contributed by atoms with Gasteiger partial charge in [0, 0.05) is 31.3 Å². The van der Waals surface area contributed by atoms with Crippen molar-refractivity contribution in [3.8, 4) is 0 Å². The predicted molar refractivity (Wildman–Crippen MR) is 109 cm³/mol. The number of carbonyl (C=O) groups excluding carboxylic acids is 1. The molecule has 2 heterocycles. The van der Waals surface area contributed by atoms with Crippen molar-refractivity contribution < 1.29 is 18.0 Å². The summed E-state index contributed by atoms with van der Waals surface area (Å²) in [7, 11) is 1.88. The van der Waals surface area contributed by atoms with E-state index in [9.17, 15) is 18.0 Å². The average Bonchev–Trinajstić information content (AvgIpc) is 3.02. The second-order valence-electron chi connectivity index (χ2n) is 8.22. The van der Waals surface area contributed by atoms with Crippen LogP contribution in [0.15, 0.2) is 30.5 Å². The van der Waals surface area contributed by atoms with Gasteiger partial charge >= 0.3 is 6.18 Å². The Balaban J connectivity index is 1.45. The Bertz CT molecular complexity index is 870. The molecule has 0 aliphatic carbocycles. The molecule has 0 spiro atoms. The fourth-order valence-electron chi connectivity index (χ4n) is 4.03. The third-order valence-corrected chi connectivity index (χ3v) is 5.96. The number of rotatable bonds is 6. The quantitative estimate of drug-likeness (QED) is 0.758.